The Morgan fingerprint density at radius 2 is 2.13 bits per heavy atom. The molecule has 0 aliphatic heterocycles. The predicted octanol–water partition coefficient (Wildman–Crippen LogP) is 2.28. The number of aryl methyl sites for hydroxylation is 1. The lowest BCUT2D eigenvalue weighted by Gasteiger charge is -2.19. The number of nitrogens with one attached hydrogen (secondary N) is 1. The van der Waals surface area contributed by atoms with Crippen LogP contribution >= 0.6 is 0 Å². The van der Waals surface area contributed by atoms with Crippen molar-refractivity contribution in [2.24, 2.45) is 0 Å². The number of ether oxygens (including phenoxy) is 1. The molecule has 4 heteroatoms. The largest absolute Gasteiger partial charge is 0.414 e. The molecule has 1 heterocycles. The van der Waals surface area contributed by atoms with Gasteiger partial charge in [-0.3, -0.25) is 0 Å². The van der Waals surface area contributed by atoms with Crippen molar-refractivity contribution in [2.75, 3.05) is 0 Å². The van der Waals surface area contributed by atoms with Gasteiger partial charge in [-0.05, 0) is 33.8 Å². The van der Waals surface area contributed by atoms with E-state index < -0.39 is 6.09 Å². The van der Waals surface area contributed by atoms with Crippen LogP contribution in [0, 0.1) is 6.92 Å². The number of amides is 1. The zero-order chi connectivity index (χ0) is 11.5. The van der Waals surface area contributed by atoms with Crippen LogP contribution in [0.1, 0.15) is 26.3 Å². The molecular weight excluding hydrogens is 192 g/mol. The first-order valence-corrected chi connectivity index (χ1v) is 4.80. The first-order chi connectivity index (χ1) is 6.88. The van der Waals surface area contributed by atoms with E-state index >= 15 is 0 Å². The minimum atomic E-state index is -0.482. The second kappa shape index (κ2) is 4.29. The van der Waals surface area contributed by atoms with Gasteiger partial charge in [0.25, 0.3) is 0 Å². The molecule has 1 aromatic heterocycles. The molecule has 1 amide bonds. The SMILES string of the molecule is Cc1cccnc1OC(=O)NC(C)(C)C. The van der Waals surface area contributed by atoms with Crippen LogP contribution in [-0.2, 0) is 0 Å². The van der Waals surface area contributed by atoms with Crippen LogP contribution in [0.2, 0.25) is 0 Å². The van der Waals surface area contributed by atoms with Crippen molar-refractivity contribution >= 4 is 6.09 Å². The van der Waals surface area contributed by atoms with Gasteiger partial charge in [0.15, 0.2) is 0 Å². The lowest BCUT2D eigenvalue weighted by molar-refractivity contribution is 0.188. The van der Waals surface area contributed by atoms with E-state index in [-0.39, 0.29) is 5.54 Å². The van der Waals surface area contributed by atoms with E-state index in [4.69, 9.17) is 4.74 Å². The number of carbonyl (C=O) groups excluding carboxylic acids is 1. The lowest BCUT2D eigenvalue weighted by atomic mass is 10.1. The second-order valence-corrected chi connectivity index (χ2v) is 4.39. The van der Waals surface area contributed by atoms with Crippen molar-refractivity contribution in [3.05, 3.63) is 23.9 Å². The van der Waals surface area contributed by atoms with Crippen LogP contribution in [0.4, 0.5) is 4.79 Å². The van der Waals surface area contributed by atoms with Gasteiger partial charge < -0.3 is 10.1 Å². The molecule has 1 aromatic rings. The lowest BCUT2D eigenvalue weighted by Crippen LogP contribution is -2.42. The van der Waals surface area contributed by atoms with Crippen molar-refractivity contribution < 1.29 is 9.53 Å². The Labute approximate surface area is 89.7 Å². The predicted molar refractivity (Wildman–Crippen MR) is 57.9 cm³/mol. The molecule has 0 atom stereocenters. The van der Waals surface area contributed by atoms with Crippen molar-refractivity contribution in [2.45, 2.75) is 33.2 Å². The molecule has 0 bridgehead atoms. The van der Waals surface area contributed by atoms with Crippen LogP contribution in [0.3, 0.4) is 0 Å². The molecule has 0 spiro atoms. The highest BCUT2D eigenvalue weighted by atomic mass is 16.6. The van der Waals surface area contributed by atoms with E-state index in [2.05, 4.69) is 10.3 Å². The number of aromatic nitrogens is 1. The number of pyridine rings is 1. The monoisotopic (exact) mass is 208 g/mol. The van der Waals surface area contributed by atoms with Crippen LogP contribution in [-0.4, -0.2) is 16.6 Å². The van der Waals surface area contributed by atoms with E-state index in [0.717, 1.165) is 5.56 Å². The summed E-state index contributed by atoms with van der Waals surface area (Å²) in [6.45, 7) is 7.51. The molecule has 1 N–H and O–H groups in total. The van der Waals surface area contributed by atoms with Crippen LogP contribution < -0.4 is 10.1 Å². The second-order valence-electron chi connectivity index (χ2n) is 4.39. The summed E-state index contributed by atoms with van der Waals surface area (Å²) in [5, 5.41) is 2.69. The Kier molecular flexibility index (Phi) is 3.29. The molecule has 0 saturated heterocycles. The zero-order valence-electron chi connectivity index (χ0n) is 9.50. The molecule has 82 valence electrons. The third kappa shape index (κ3) is 3.97. The van der Waals surface area contributed by atoms with Crippen molar-refractivity contribution in [3.8, 4) is 5.88 Å². The fraction of sp³-hybridized carbons (Fsp3) is 0.455. The fourth-order valence-electron chi connectivity index (χ4n) is 0.998. The molecule has 15 heavy (non-hydrogen) atoms. The number of hydrogen-bond donors (Lipinski definition) is 1. The first-order valence-electron chi connectivity index (χ1n) is 4.80. The van der Waals surface area contributed by atoms with Crippen molar-refractivity contribution in [1.82, 2.24) is 10.3 Å². The van der Waals surface area contributed by atoms with Gasteiger partial charge >= 0.3 is 6.09 Å². The maximum Gasteiger partial charge on any atom is 0.414 e. The van der Waals surface area contributed by atoms with Gasteiger partial charge in [0.2, 0.25) is 5.88 Å². The third-order valence-electron chi connectivity index (χ3n) is 1.63. The number of rotatable bonds is 1. The third-order valence-corrected chi connectivity index (χ3v) is 1.63. The zero-order valence-corrected chi connectivity index (χ0v) is 9.50. The highest BCUT2D eigenvalue weighted by molar-refractivity contribution is 5.70. The number of nitrogens with zero attached hydrogens (tertiary/aromatic N) is 1. The summed E-state index contributed by atoms with van der Waals surface area (Å²) in [5.74, 6) is 0.347. The molecule has 4 nitrogen and oxygen atoms in total. The summed E-state index contributed by atoms with van der Waals surface area (Å²) in [5.41, 5.74) is 0.529. The van der Waals surface area contributed by atoms with E-state index in [9.17, 15) is 4.79 Å². The summed E-state index contributed by atoms with van der Waals surface area (Å²) in [7, 11) is 0. The standard InChI is InChI=1S/C11H16N2O2/c1-8-6-5-7-12-9(8)15-10(14)13-11(2,3)4/h5-7H,1-4H3,(H,13,14). The van der Waals surface area contributed by atoms with E-state index in [1.807, 2.05) is 33.8 Å². The number of carbonyl (C=O) groups is 1. The van der Waals surface area contributed by atoms with Gasteiger partial charge in [0.05, 0.1) is 0 Å². The molecule has 0 saturated carbocycles. The fourth-order valence-corrected chi connectivity index (χ4v) is 0.998. The minimum absolute atomic E-state index is 0.306. The first kappa shape index (κ1) is 11.5. The van der Waals surface area contributed by atoms with E-state index in [1.165, 1.54) is 0 Å². The van der Waals surface area contributed by atoms with Crippen LogP contribution in [0.15, 0.2) is 18.3 Å². The van der Waals surface area contributed by atoms with Crippen molar-refractivity contribution in [1.29, 1.82) is 0 Å². The summed E-state index contributed by atoms with van der Waals surface area (Å²) in [6.07, 6.45) is 1.11. The molecule has 0 aromatic carbocycles. The van der Waals surface area contributed by atoms with Gasteiger partial charge in [-0.25, -0.2) is 9.78 Å². The van der Waals surface area contributed by atoms with Crippen molar-refractivity contribution in [3.63, 3.8) is 0 Å². The summed E-state index contributed by atoms with van der Waals surface area (Å²) in [6, 6.07) is 3.64. The molecule has 0 radical (unpaired) electrons. The van der Waals surface area contributed by atoms with E-state index in [1.54, 1.807) is 12.3 Å². The minimum Gasteiger partial charge on any atom is -0.391 e. The molecule has 1 rings (SSSR count). The van der Waals surface area contributed by atoms with E-state index in [0.29, 0.717) is 5.88 Å². The Morgan fingerprint density at radius 1 is 1.47 bits per heavy atom. The normalized spacial score (nSPS) is 10.9. The maximum absolute atomic E-state index is 11.4. The maximum atomic E-state index is 11.4. The molecule has 0 aliphatic rings. The van der Waals surface area contributed by atoms with Gasteiger partial charge in [0.1, 0.15) is 0 Å². The van der Waals surface area contributed by atoms with Gasteiger partial charge in [-0.1, -0.05) is 6.07 Å². The molecule has 0 fully saturated rings. The van der Waals surface area contributed by atoms with Gasteiger partial charge in [-0.15, -0.1) is 0 Å². The quantitative estimate of drug-likeness (QED) is 0.770. The van der Waals surface area contributed by atoms with Gasteiger partial charge in [-0.2, -0.15) is 0 Å². The molecule has 0 aliphatic carbocycles. The van der Waals surface area contributed by atoms with Gasteiger partial charge in [0, 0.05) is 17.3 Å². The Hall–Kier alpha value is -1.58. The highest BCUT2D eigenvalue weighted by Crippen LogP contribution is 2.12. The Balaban J connectivity index is 2.64. The Morgan fingerprint density at radius 3 is 2.67 bits per heavy atom. The van der Waals surface area contributed by atoms with Crippen LogP contribution in [0.25, 0.3) is 0 Å². The molecular formula is C11H16N2O2. The molecule has 0 unspecified atom stereocenters. The average molecular weight is 208 g/mol. The summed E-state index contributed by atoms with van der Waals surface area (Å²) >= 11 is 0. The Bertz CT molecular complexity index is 356. The van der Waals surface area contributed by atoms with Crippen LogP contribution in [0.5, 0.6) is 5.88 Å². The summed E-state index contributed by atoms with van der Waals surface area (Å²) < 4.78 is 5.06. The topological polar surface area (TPSA) is 51.2 Å². The smallest absolute Gasteiger partial charge is 0.391 e. The highest BCUT2D eigenvalue weighted by Gasteiger charge is 2.16. The number of hydrogen-bond acceptors (Lipinski definition) is 3. The average Bonchev–Trinajstić information content (AvgIpc) is 2.05. The summed E-state index contributed by atoms with van der Waals surface area (Å²) in [4.78, 5) is 15.4.